The number of urea groups is 1. The van der Waals surface area contributed by atoms with E-state index in [1.807, 2.05) is 21.1 Å². The molecule has 4 rings (SSSR count). The second kappa shape index (κ2) is 10.6. The highest BCUT2D eigenvalue weighted by Gasteiger charge is 2.65. The number of carboxylic acids is 1. The van der Waals surface area contributed by atoms with E-state index in [2.05, 4.69) is 30.9 Å². The summed E-state index contributed by atoms with van der Waals surface area (Å²) < 4.78 is 31.7. The van der Waals surface area contributed by atoms with Crippen molar-refractivity contribution in [1.82, 2.24) is 19.6 Å². The van der Waals surface area contributed by atoms with E-state index in [4.69, 9.17) is 9.90 Å². The first kappa shape index (κ1) is 28.2. The number of halogens is 3. The number of hydrogen-bond donors (Lipinski definition) is 1. The third kappa shape index (κ3) is 5.49. The standard InChI is InChI=1S/C22H34N4O2S.C2HF3O2/c1-5-25-13-10-22(19(25)27)16-26(20(28)23(3)4)15-21(22)8-11-24(12-9-21)14-18-7-6-17(2)29-18;3-2(4,5)1(6)7/h6-7H,5,8-16H2,1-4H3;(H,6,7). The number of likely N-dealkylation sites (tertiary alicyclic amines) is 3. The van der Waals surface area contributed by atoms with Gasteiger partial charge in [-0.1, -0.05) is 0 Å². The highest BCUT2D eigenvalue weighted by Crippen LogP contribution is 2.58. The van der Waals surface area contributed by atoms with Crippen LogP contribution in [-0.2, 0) is 16.1 Å². The maximum Gasteiger partial charge on any atom is 0.490 e. The van der Waals surface area contributed by atoms with Crippen molar-refractivity contribution in [3.05, 3.63) is 21.9 Å². The second-order valence-electron chi connectivity index (χ2n) is 10.1. The van der Waals surface area contributed by atoms with Crippen LogP contribution in [0.2, 0.25) is 0 Å². The lowest BCUT2D eigenvalue weighted by Crippen LogP contribution is -2.52. The Bertz CT molecular complexity index is 975. The zero-order valence-corrected chi connectivity index (χ0v) is 22.0. The van der Waals surface area contributed by atoms with Crippen molar-refractivity contribution in [2.75, 3.05) is 53.4 Å². The molecule has 2 spiro atoms. The van der Waals surface area contributed by atoms with Crippen molar-refractivity contribution in [3.8, 4) is 0 Å². The van der Waals surface area contributed by atoms with Gasteiger partial charge in [0.25, 0.3) is 0 Å². The Morgan fingerprint density at radius 3 is 2.17 bits per heavy atom. The van der Waals surface area contributed by atoms with E-state index in [0.29, 0.717) is 6.54 Å². The molecule has 1 unspecified atom stereocenters. The first-order valence-corrected chi connectivity index (χ1v) is 12.9. The van der Waals surface area contributed by atoms with Crippen LogP contribution in [0.15, 0.2) is 12.1 Å². The molecule has 0 aromatic carbocycles. The molecule has 4 heterocycles. The number of amides is 3. The third-order valence-electron chi connectivity index (χ3n) is 7.74. The fourth-order valence-electron chi connectivity index (χ4n) is 5.83. The summed E-state index contributed by atoms with van der Waals surface area (Å²) in [5.74, 6) is -2.47. The molecule has 3 fully saturated rings. The summed E-state index contributed by atoms with van der Waals surface area (Å²) in [6.45, 7) is 10.1. The molecule has 8 nitrogen and oxygen atoms in total. The van der Waals surface area contributed by atoms with E-state index < -0.39 is 12.1 Å². The Morgan fingerprint density at radius 1 is 1.11 bits per heavy atom. The van der Waals surface area contributed by atoms with Crippen LogP contribution in [0.3, 0.4) is 0 Å². The van der Waals surface area contributed by atoms with Gasteiger partial charge in [-0.05, 0) is 58.3 Å². The Kier molecular flexibility index (Phi) is 8.29. The Balaban J connectivity index is 0.000000454. The smallest absolute Gasteiger partial charge is 0.475 e. The Hall–Kier alpha value is -2.34. The molecule has 1 aromatic rings. The van der Waals surface area contributed by atoms with E-state index >= 15 is 0 Å². The van der Waals surface area contributed by atoms with E-state index in [9.17, 15) is 22.8 Å². The number of rotatable bonds is 3. The van der Waals surface area contributed by atoms with Crippen LogP contribution in [0.5, 0.6) is 0 Å². The predicted molar refractivity (Wildman–Crippen MR) is 130 cm³/mol. The van der Waals surface area contributed by atoms with Crippen LogP contribution in [-0.4, -0.2) is 102 Å². The lowest BCUT2D eigenvalue weighted by atomic mass is 9.60. The first-order chi connectivity index (χ1) is 16.7. The molecular formula is C24H35F3N4O4S. The third-order valence-corrected chi connectivity index (χ3v) is 8.73. The predicted octanol–water partition coefficient (Wildman–Crippen LogP) is 3.51. The van der Waals surface area contributed by atoms with Gasteiger partial charge in [-0.2, -0.15) is 13.2 Å². The lowest BCUT2D eigenvalue weighted by Gasteiger charge is -2.46. The van der Waals surface area contributed by atoms with E-state index in [-0.39, 0.29) is 22.8 Å². The molecule has 36 heavy (non-hydrogen) atoms. The number of aliphatic carboxylic acids is 1. The Morgan fingerprint density at radius 2 is 1.72 bits per heavy atom. The van der Waals surface area contributed by atoms with Gasteiger partial charge in [-0.25, -0.2) is 9.59 Å². The molecule has 12 heteroatoms. The molecule has 202 valence electrons. The molecule has 3 saturated heterocycles. The zero-order valence-electron chi connectivity index (χ0n) is 21.2. The molecule has 1 atom stereocenters. The molecule has 3 aliphatic rings. The Labute approximate surface area is 213 Å². The largest absolute Gasteiger partial charge is 0.490 e. The van der Waals surface area contributed by atoms with Crippen molar-refractivity contribution < 1.29 is 32.7 Å². The number of hydrogen-bond acceptors (Lipinski definition) is 5. The molecule has 0 radical (unpaired) electrons. The number of fused-ring (bicyclic) bond motifs is 1. The summed E-state index contributed by atoms with van der Waals surface area (Å²) in [5, 5.41) is 7.12. The minimum atomic E-state index is -5.08. The number of piperidine rings is 1. The van der Waals surface area contributed by atoms with Crippen LogP contribution in [0.25, 0.3) is 0 Å². The number of carbonyl (C=O) groups excluding carboxylic acids is 2. The second-order valence-corrected chi connectivity index (χ2v) is 11.5. The SMILES string of the molecule is CCN1CCC2(CN(C(=O)N(C)C)CC23CCN(Cc2ccc(C)s2)CC3)C1=O.O=C(O)C(F)(F)F. The summed E-state index contributed by atoms with van der Waals surface area (Å²) in [7, 11) is 3.61. The maximum atomic E-state index is 13.5. The molecule has 3 aliphatic heterocycles. The first-order valence-electron chi connectivity index (χ1n) is 12.1. The minimum absolute atomic E-state index is 0.0421. The summed E-state index contributed by atoms with van der Waals surface area (Å²) in [5.41, 5.74) is -0.470. The highest BCUT2D eigenvalue weighted by molar-refractivity contribution is 7.11. The van der Waals surface area contributed by atoms with Crippen LogP contribution < -0.4 is 0 Å². The lowest BCUT2D eigenvalue weighted by molar-refractivity contribution is -0.192. The van der Waals surface area contributed by atoms with Gasteiger partial charge < -0.3 is 19.8 Å². The number of nitrogens with zero attached hydrogens (tertiary/aromatic N) is 4. The van der Waals surface area contributed by atoms with Crippen molar-refractivity contribution in [1.29, 1.82) is 0 Å². The van der Waals surface area contributed by atoms with Crippen LogP contribution in [0, 0.1) is 17.8 Å². The highest BCUT2D eigenvalue weighted by atomic mass is 32.1. The summed E-state index contributed by atoms with van der Waals surface area (Å²) in [6.07, 6.45) is -2.20. The number of carboxylic acid groups (broad SMARTS) is 1. The van der Waals surface area contributed by atoms with Gasteiger partial charge in [0.15, 0.2) is 0 Å². The van der Waals surface area contributed by atoms with Gasteiger partial charge in [0, 0.05) is 62.0 Å². The van der Waals surface area contributed by atoms with E-state index in [0.717, 1.165) is 58.5 Å². The van der Waals surface area contributed by atoms with Crippen molar-refractivity contribution >= 4 is 29.2 Å². The maximum absolute atomic E-state index is 13.5. The normalized spacial score (nSPS) is 23.8. The molecule has 3 amide bonds. The van der Waals surface area contributed by atoms with Crippen molar-refractivity contribution in [3.63, 3.8) is 0 Å². The monoisotopic (exact) mass is 532 g/mol. The minimum Gasteiger partial charge on any atom is -0.475 e. The molecular weight excluding hydrogens is 497 g/mol. The average molecular weight is 533 g/mol. The molecule has 0 aliphatic carbocycles. The van der Waals surface area contributed by atoms with Gasteiger partial charge in [-0.15, -0.1) is 11.3 Å². The average Bonchev–Trinajstić information content (AvgIpc) is 3.46. The van der Waals surface area contributed by atoms with Gasteiger partial charge in [0.1, 0.15) is 0 Å². The summed E-state index contributed by atoms with van der Waals surface area (Å²) in [4.78, 5) is 46.1. The molecule has 0 bridgehead atoms. The van der Waals surface area contributed by atoms with Gasteiger partial charge in [0.05, 0.1) is 5.41 Å². The fourth-order valence-corrected chi connectivity index (χ4v) is 6.76. The molecule has 0 saturated carbocycles. The quantitative estimate of drug-likeness (QED) is 0.644. The molecule has 1 aromatic heterocycles. The number of aryl methyl sites for hydroxylation is 1. The fraction of sp³-hybridized carbons (Fsp3) is 0.708. The van der Waals surface area contributed by atoms with E-state index in [1.54, 1.807) is 19.0 Å². The van der Waals surface area contributed by atoms with Crippen molar-refractivity contribution in [2.45, 2.75) is 45.8 Å². The summed E-state index contributed by atoms with van der Waals surface area (Å²) in [6, 6.07) is 4.47. The summed E-state index contributed by atoms with van der Waals surface area (Å²) >= 11 is 1.87. The number of thiophene rings is 1. The number of alkyl halides is 3. The van der Waals surface area contributed by atoms with Crippen molar-refractivity contribution in [2.24, 2.45) is 10.8 Å². The van der Waals surface area contributed by atoms with Gasteiger partial charge in [0.2, 0.25) is 5.91 Å². The van der Waals surface area contributed by atoms with Gasteiger partial charge >= 0.3 is 18.2 Å². The van der Waals surface area contributed by atoms with Crippen LogP contribution >= 0.6 is 11.3 Å². The van der Waals surface area contributed by atoms with E-state index in [1.165, 1.54) is 9.75 Å². The van der Waals surface area contributed by atoms with Crippen LogP contribution in [0.4, 0.5) is 18.0 Å². The topological polar surface area (TPSA) is 84.4 Å². The van der Waals surface area contributed by atoms with Crippen LogP contribution in [0.1, 0.15) is 35.9 Å². The molecule has 1 N–H and O–H groups in total. The number of carbonyl (C=O) groups is 3. The zero-order chi connectivity index (χ0) is 26.9. The van der Waals surface area contributed by atoms with Gasteiger partial charge in [-0.3, -0.25) is 9.69 Å².